The lowest BCUT2D eigenvalue weighted by Gasteiger charge is -2.30. The minimum absolute atomic E-state index is 0.00895. The first kappa shape index (κ1) is 15.9. The lowest BCUT2D eigenvalue weighted by atomic mass is 9.95. The van der Waals surface area contributed by atoms with E-state index in [0.29, 0.717) is 29.8 Å². The number of nitrogens with two attached hydrogens (primary N) is 1. The maximum Gasteiger partial charge on any atom is 0.252 e. The summed E-state index contributed by atoms with van der Waals surface area (Å²) >= 11 is 1.39. The van der Waals surface area contributed by atoms with Crippen molar-refractivity contribution in [2.45, 2.75) is 43.2 Å². The number of hydrogen-bond acceptors (Lipinski definition) is 4. The number of sulfonamides is 1. The van der Waals surface area contributed by atoms with E-state index in [1.54, 1.807) is 10.4 Å². The summed E-state index contributed by atoms with van der Waals surface area (Å²) < 4.78 is 27.3. The number of nitrogens with zero attached hydrogens (tertiary/aromatic N) is 1. The molecule has 1 aromatic rings. The van der Waals surface area contributed by atoms with Gasteiger partial charge in [-0.15, -0.1) is 11.3 Å². The molecule has 0 atom stereocenters. The van der Waals surface area contributed by atoms with Gasteiger partial charge in [0.25, 0.3) is 10.0 Å². The molecule has 0 aliphatic carbocycles. The van der Waals surface area contributed by atoms with Gasteiger partial charge in [-0.3, -0.25) is 0 Å². The fraction of sp³-hybridized carbons (Fsp3) is 0.714. The van der Waals surface area contributed by atoms with Gasteiger partial charge in [-0.25, -0.2) is 8.42 Å². The molecule has 20 heavy (non-hydrogen) atoms. The first-order valence-electron chi connectivity index (χ1n) is 7.05. The number of hydrogen-bond donors (Lipinski definition) is 1. The Bertz CT molecular complexity index is 550. The fourth-order valence-electron chi connectivity index (χ4n) is 2.37. The zero-order valence-corrected chi connectivity index (χ0v) is 14.1. The van der Waals surface area contributed by atoms with Gasteiger partial charge in [-0.05, 0) is 42.9 Å². The second-order valence-corrected chi connectivity index (χ2v) is 9.70. The molecule has 1 fully saturated rings. The summed E-state index contributed by atoms with van der Waals surface area (Å²) in [5, 5.41) is 0. The molecular weight excluding hydrogens is 292 g/mol. The highest BCUT2D eigenvalue weighted by Crippen LogP contribution is 2.34. The van der Waals surface area contributed by atoms with Crippen molar-refractivity contribution in [3.05, 3.63) is 17.0 Å². The van der Waals surface area contributed by atoms with Crippen LogP contribution in [0.1, 0.15) is 38.5 Å². The Labute approximate surface area is 126 Å². The van der Waals surface area contributed by atoms with E-state index < -0.39 is 10.0 Å². The van der Waals surface area contributed by atoms with Gasteiger partial charge in [0.2, 0.25) is 0 Å². The van der Waals surface area contributed by atoms with Crippen LogP contribution in [-0.2, 0) is 15.4 Å². The first-order chi connectivity index (χ1) is 9.25. The van der Waals surface area contributed by atoms with E-state index in [1.807, 2.05) is 6.07 Å². The molecule has 0 amide bonds. The predicted molar refractivity (Wildman–Crippen MR) is 83.6 cm³/mol. The Morgan fingerprint density at radius 2 is 1.90 bits per heavy atom. The molecule has 0 aromatic carbocycles. The van der Waals surface area contributed by atoms with E-state index in [9.17, 15) is 8.42 Å². The lowest BCUT2D eigenvalue weighted by Crippen LogP contribution is -2.39. The number of piperidine rings is 1. The molecular formula is C14H24N2O2S2. The smallest absolute Gasteiger partial charge is 0.252 e. The molecule has 6 heteroatoms. The zero-order valence-electron chi connectivity index (χ0n) is 12.4. The third kappa shape index (κ3) is 3.24. The Morgan fingerprint density at radius 1 is 1.30 bits per heavy atom. The summed E-state index contributed by atoms with van der Waals surface area (Å²) in [6.45, 7) is 8.13. The molecule has 1 saturated heterocycles. The number of rotatable bonds is 3. The van der Waals surface area contributed by atoms with E-state index in [4.69, 9.17) is 5.73 Å². The molecule has 1 aliphatic rings. The van der Waals surface area contributed by atoms with Gasteiger partial charge in [0.1, 0.15) is 4.21 Å². The second kappa shape index (κ2) is 5.75. The van der Waals surface area contributed by atoms with Crippen molar-refractivity contribution in [3.8, 4) is 0 Å². The minimum atomic E-state index is -3.32. The van der Waals surface area contributed by atoms with Crippen LogP contribution in [0.4, 0.5) is 0 Å². The Morgan fingerprint density at radius 3 is 2.35 bits per heavy atom. The van der Waals surface area contributed by atoms with Gasteiger partial charge in [-0.1, -0.05) is 20.8 Å². The highest BCUT2D eigenvalue weighted by molar-refractivity contribution is 7.91. The molecule has 2 heterocycles. The molecule has 2 rings (SSSR count). The van der Waals surface area contributed by atoms with Crippen molar-refractivity contribution < 1.29 is 8.42 Å². The molecule has 4 nitrogen and oxygen atoms in total. The molecule has 1 aromatic heterocycles. The van der Waals surface area contributed by atoms with Crippen LogP contribution in [0.3, 0.4) is 0 Å². The summed E-state index contributed by atoms with van der Waals surface area (Å²) in [7, 11) is -3.32. The number of thiophene rings is 1. The van der Waals surface area contributed by atoms with Crippen LogP contribution < -0.4 is 5.73 Å². The monoisotopic (exact) mass is 316 g/mol. The Kier molecular flexibility index (Phi) is 4.59. The van der Waals surface area contributed by atoms with E-state index in [-0.39, 0.29) is 5.41 Å². The quantitative estimate of drug-likeness (QED) is 0.931. The zero-order chi connectivity index (χ0) is 15.0. The maximum absolute atomic E-state index is 12.6. The molecule has 2 N–H and O–H groups in total. The van der Waals surface area contributed by atoms with Crippen LogP contribution in [0.5, 0.6) is 0 Å². The van der Waals surface area contributed by atoms with E-state index in [1.165, 1.54) is 11.3 Å². The van der Waals surface area contributed by atoms with Crippen molar-refractivity contribution in [2.75, 3.05) is 19.6 Å². The third-order valence-corrected chi connectivity index (χ3v) is 7.70. The highest BCUT2D eigenvalue weighted by Gasteiger charge is 2.31. The average Bonchev–Trinajstić information content (AvgIpc) is 2.89. The van der Waals surface area contributed by atoms with E-state index in [2.05, 4.69) is 20.8 Å². The van der Waals surface area contributed by atoms with Crippen molar-refractivity contribution in [2.24, 2.45) is 11.7 Å². The van der Waals surface area contributed by atoms with Gasteiger partial charge in [-0.2, -0.15) is 4.31 Å². The molecule has 114 valence electrons. The van der Waals surface area contributed by atoms with Gasteiger partial charge < -0.3 is 5.73 Å². The molecule has 0 bridgehead atoms. The van der Waals surface area contributed by atoms with Crippen LogP contribution >= 0.6 is 11.3 Å². The summed E-state index contributed by atoms with van der Waals surface area (Å²) in [4.78, 5) is 1.10. The summed E-state index contributed by atoms with van der Waals surface area (Å²) in [5.41, 5.74) is 5.65. The van der Waals surface area contributed by atoms with Gasteiger partial charge in [0, 0.05) is 18.0 Å². The summed E-state index contributed by atoms with van der Waals surface area (Å²) in [6.07, 6.45) is 1.74. The average molecular weight is 316 g/mol. The minimum Gasteiger partial charge on any atom is -0.330 e. The van der Waals surface area contributed by atoms with E-state index in [0.717, 1.165) is 17.7 Å². The van der Waals surface area contributed by atoms with Gasteiger partial charge >= 0.3 is 0 Å². The van der Waals surface area contributed by atoms with Crippen molar-refractivity contribution >= 4 is 21.4 Å². The molecule has 0 radical (unpaired) electrons. The van der Waals surface area contributed by atoms with E-state index >= 15 is 0 Å². The second-order valence-electron chi connectivity index (χ2n) is 6.45. The Hall–Kier alpha value is -0.430. The van der Waals surface area contributed by atoms with Crippen molar-refractivity contribution in [3.63, 3.8) is 0 Å². The molecule has 0 saturated carbocycles. The van der Waals surface area contributed by atoms with Gasteiger partial charge in [0.05, 0.1) is 0 Å². The normalized spacial score (nSPS) is 19.4. The standard InChI is InChI=1S/C14H24N2O2S2/c1-14(2,3)12-4-5-13(19-12)20(17,18)16-8-6-11(10-15)7-9-16/h4-5,11H,6-10,15H2,1-3H3. The van der Waals surface area contributed by atoms with Crippen molar-refractivity contribution in [1.29, 1.82) is 0 Å². The first-order valence-corrected chi connectivity index (χ1v) is 9.31. The largest absolute Gasteiger partial charge is 0.330 e. The summed E-state index contributed by atoms with van der Waals surface area (Å²) in [6, 6.07) is 3.68. The fourth-order valence-corrected chi connectivity index (χ4v) is 5.36. The van der Waals surface area contributed by atoms with Gasteiger partial charge in [0.15, 0.2) is 0 Å². The van der Waals surface area contributed by atoms with Crippen LogP contribution in [0, 0.1) is 5.92 Å². The van der Waals surface area contributed by atoms with Crippen LogP contribution in [0.25, 0.3) is 0 Å². The van der Waals surface area contributed by atoms with Crippen molar-refractivity contribution in [1.82, 2.24) is 4.31 Å². The van der Waals surface area contributed by atoms with Crippen LogP contribution in [-0.4, -0.2) is 32.4 Å². The molecule has 0 unspecified atom stereocenters. The van der Waals surface area contributed by atoms with Crippen LogP contribution in [0.2, 0.25) is 0 Å². The third-order valence-electron chi connectivity index (χ3n) is 3.82. The topological polar surface area (TPSA) is 63.4 Å². The Balaban J connectivity index is 2.17. The summed E-state index contributed by atoms with van der Waals surface area (Å²) in [5.74, 6) is 0.468. The predicted octanol–water partition coefficient (Wildman–Crippen LogP) is 2.41. The maximum atomic E-state index is 12.6. The molecule has 0 spiro atoms. The highest BCUT2D eigenvalue weighted by atomic mass is 32.2. The lowest BCUT2D eigenvalue weighted by molar-refractivity contribution is 0.279. The molecule has 1 aliphatic heterocycles. The SMILES string of the molecule is CC(C)(C)c1ccc(S(=O)(=O)N2CCC(CN)CC2)s1. The van der Waals surface area contributed by atoms with Crippen LogP contribution in [0.15, 0.2) is 16.3 Å².